The summed E-state index contributed by atoms with van der Waals surface area (Å²) in [5, 5.41) is 16.4. The number of aliphatic imine (C=N–C) groups is 1. The first-order chi connectivity index (χ1) is 13.0. The predicted octanol–water partition coefficient (Wildman–Crippen LogP) is 3.85. The van der Waals surface area contributed by atoms with Crippen molar-refractivity contribution < 1.29 is 14.6 Å². The Morgan fingerprint density at radius 2 is 1.89 bits per heavy atom. The van der Waals surface area contributed by atoms with Crippen molar-refractivity contribution >= 4 is 29.9 Å². The van der Waals surface area contributed by atoms with Gasteiger partial charge in [-0.2, -0.15) is 0 Å². The maximum absolute atomic E-state index is 9.88. The molecule has 2 aromatic carbocycles. The number of benzene rings is 2. The normalized spacial score (nSPS) is 11.9. The fraction of sp³-hybridized carbons (Fsp3) is 0.381. The molecule has 0 radical (unpaired) electrons. The van der Waals surface area contributed by atoms with Crippen LogP contribution in [0.3, 0.4) is 0 Å². The van der Waals surface area contributed by atoms with Crippen LogP contribution in [0.25, 0.3) is 0 Å². The topological polar surface area (TPSA) is 75.1 Å². The quantitative estimate of drug-likeness (QED) is 0.292. The number of rotatable bonds is 8. The summed E-state index contributed by atoms with van der Waals surface area (Å²) in [5.74, 6) is 2.16. The number of nitrogens with one attached hydrogen (secondary N) is 2. The molecule has 0 spiro atoms. The van der Waals surface area contributed by atoms with Gasteiger partial charge >= 0.3 is 0 Å². The Hall–Kier alpha value is -2.16. The largest absolute Gasteiger partial charge is 0.504 e. The van der Waals surface area contributed by atoms with Gasteiger partial charge in [0.05, 0.1) is 20.2 Å². The first-order valence-corrected chi connectivity index (χ1v) is 9.13. The highest BCUT2D eigenvalue weighted by atomic mass is 127. The Labute approximate surface area is 184 Å². The SMILES string of the molecule is CCNC(=NCc1ccc(OC)c(O)c1)NCC(C)Oc1ccccc1C.I. The summed E-state index contributed by atoms with van der Waals surface area (Å²) < 4.78 is 11.0. The predicted molar refractivity (Wildman–Crippen MR) is 124 cm³/mol. The second-order valence-corrected chi connectivity index (χ2v) is 6.28. The summed E-state index contributed by atoms with van der Waals surface area (Å²) >= 11 is 0. The molecule has 0 fully saturated rings. The van der Waals surface area contributed by atoms with Crippen molar-refractivity contribution in [1.29, 1.82) is 0 Å². The maximum atomic E-state index is 9.88. The van der Waals surface area contributed by atoms with Gasteiger partial charge in [0.25, 0.3) is 0 Å². The van der Waals surface area contributed by atoms with Crippen LogP contribution in [-0.4, -0.2) is 37.4 Å². The van der Waals surface area contributed by atoms with Crippen LogP contribution in [-0.2, 0) is 6.54 Å². The Balaban J connectivity index is 0.00000392. The smallest absolute Gasteiger partial charge is 0.191 e. The highest BCUT2D eigenvalue weighted by molar-refractivity contribution is 14.0. The standard InChI is InChI=1S/C21H29N3O3.HI/c1-5-22-21(24-14-17-10-11-20(26-4)18(25)12-17)23-13-16(3)27-19-9-7-6-8-15(19)2;/h6-12,16,25H,5,13-14H2,1-4H3,(H2,22,23,24);1H. The lowest BCUT2D eigenvalue weighted by atomic mass is 10.2. The molecule has 0 aromatic heterocycles. The summed E-state index contributed by atoms with van der Waals surface area (Å²) in [6, 6.07) is 13.3. The van der Waals surface area contributed by atoms with Crippen LogP contribution < -0.4 is 20.1 Å². The number of methoxy groups -OCH3 is 1. The zero-order valence-electron chi connectivity index (χ0n) is 16.9. The zero-order valence-corrected chi connectivity index (χ0v) is 19.2. The lowest BCUT2D eigenvalue weighted by Gasteiger charge is -2.18. The van der Waals surface area contributed by atoms with E-state index in [4.69, 9.17) is 9.47 Å². The van der Waals surface area contributed by atoms with Crippen LogP contribution in [0, 0.1) is 6.92 Å². The molecule has 0 aliphatic heterocycles. The maximum Gasteiger partial charge on any atom is 0.191 e. The van der Waals surface area contributed by atoms with Gasteiger partial charge in [-0.3, -0.25) is 0 Å². The summed E-state index contributed by atoms with van der Waals surface area (Å²) in [4.78, 5) is 4.56. The van der Waals surface area contributed by atoms with Gasteiger partial charge in [-0.1, -0.05) is 24.3 Å². The van der Waals surface area contributed by atoms with E-state index in [9.17, 15) is 5.11 Å². The van der Waals surface area contributed by atoms with E-state index in [1.807, 2.05) is 51.1 Å². The van der Waals surface area contributed by atoms with Gasteiger partial charge in [-0.05, 0) is 50.1 Å². The molecule has 2 rings (SSSR count). The van der Waals surface area contributed by atoms with Crippen molar-refractivity contribution in [3.05, 3.63) is 53.6 Å². The second-order valence-electron chi connectivity index (χ2n) is 6.28. The number of para-hydroxylation sites is 1. The van der Waals surface area contributed by atoms with Crippen molar-refractivity contribution in [1.82, 2.24) is 10.6 Å². The number of hydrogen-bond donors (Lipinski definition) is 3. The van der Waals surface area contributed by atoms with Crippen LogP contribution in [0.15, 0.2) is 47.5 Å². The molecule has 1 atom stereocenters. The molecule has 2 aromatic rings. The minimum Gasteiger partial charge on any atom is -0.504 e. The van der Waals surface area contributed by atoms with Crippen molar-refractivity contribution in [2.24, 2.45) is 4.99 Å². The third-order valence-electron chi connectivity index (χ3n) is 3.99. The highest BCUT2D eigenvalue weighted by Crippen LogP contribution is 2.26. The van der Waals surface area contributed by atoms with E-state index in [1.165, 1.54) is 7.11 Å². The molecule has 0 aliphatic carbocycles. The van der Waals surface area contributed by atoms with Crippen LogP contribution in [0.1, 0.15) is 25.0 Å². The number of guanidine groups is 1. The molecule has 0 heterocycles. The van der Waals surface area contributed by atoms with Crippen molar-refractivity contribution in [2.75, 3.05) is 20.2 Å². The van der Waals surface area contributed by atoms with E-state index >= 15 is 0 Å². The lowest BCUT2D eigenvalue weighted by molar-refractivity contribution is 0.222. The second kappa shape index (κ2) is 12.3. The van der Waals surface area contributed by atoms with E-state index in [2.05, 4.69) is 15.6 Å². The average molecular weight is 499 g/mol. The number of halogens is 1. The van der Waals surface area contributed by atoms with Crippen molar-refractivity contribution in [3.8, 4) is 17.2 Å². The molecule has 7 heteroatoms. The van der Waals surface area contributed by atoms with E-state index in [-0.39, 0.29) is 35.8 Å². The number of aryl methyl sites for hydroxylation is 1. The molecule has 6 nitrogen and oxygen atoms in total. The van der Waals surface area contributed by atoms with E-state index in [1.54, 1.807) is 12.1 Å². The van der Waals surface area contributed by atoms with Crippen LogP contribution in [0.2, 0.25) is 0 Å². The molecule has 154 valence electrons. The van der Waals surface area contributed by atoms with Crippen LogP contribution in [0.4, 0.5) is 0 Å². The molecule has 0 aliphatic rings. The third-order valence-corrected chi connectivity index (χ3v) is 3.99. The summed E-state index contributed by atoms with van der Waals surface area (Å²) in [6.45, 7) is 7.89. The summed E-state index contributed by atoms with van der Waals surface area (Å²) in [6.07, 6.45) is -0.0139. The van der Waals surface area contributed by atoms with Gasteiger partial charge in [0.2, 0.25) is 0 Å². The van der Waals surface area contributed by atoms with E-state index in [0.717, 1.165) is 23.4 Å². The average Bonchev–Trinajstić information content (AvgIpc) is 2.66. The lowest BCUT2D eigenvalue weighted by Crippen LogP contribution is -2.41. The molecule has 0 bridgehead atoms. The summed E-state index contributed by atoms with van der Waals surface area (Å²) in [7, 11) is 1.53. The monoisotopic (exact) mass is 499 g/mol. The number of hydrogen-bond acceptors (Lipinski definition) is 4. The molecule has 0 saturated carbocycles. The zero-order chi connectivity index (χ0) is 19.6. The first kappa shape index (κ1) is 23.9. The Morgan fingerprint density at radius 1 is 1.14 bits per heavy atom. The molecular weight excluding hydrogens is 469 g/mol. The Bertz CT molecular complexity index is 768. The fourth-order valence-corrected chi connectivity index (χ4v) is 2.53. The Kier molecular flexibility index (Phi) is 10.5. The van der Waals surface area contributed by atoms with Gasteiger partial charge in [0, 0.05) is 6.54 Å². The van der Waals surface area contributed by atoms with Gasteiger partial charge in [-0.25, -0.2) is 4.99 Å². The molecule has 28 heavy (non-hydrogen) atoms. The van der Waals surface area contributed by atoms with Gasteiger partial charge < -0.3 is 25.2 Å². The third kappa shape index (κ3) is 7.46. The van der Waals surface area contributed by atoms with Crippen LogP contribution in [0.5, 0.6) is 17.2 Å². The number of aromatic hydroxyl groups is 1. The molecule has 1 unspecified atom stereocenters. The number of phenols is 1. The number of nitrogens with zero attached hydrogens (tertiary/aromatic N) is 1. The van der Waals surface area contributed by atoms with Crippen molar-refractivity contribution in [3.63, 3.8) is 0 Å². The van der Waals surface area contributed by atoms with Gasteiger partial charge in [0.1, 0.15) is 11.9 Å². The number of ether oxygens (including phenoxy) is 2. The minimum absolute atomic E-state index is 0. The van der Waals surface area contributed by atoms with E-state index < -0.39 is 0 Å². The Morgan fingerprint density at radius 3 is 2.54 bits per heavy atom. The summed E-state index contributed by atoms with van der Waals surface area (Å²) in [5.41, 5.74) is 2.01. The minimum atomic E-state index is -0.0139. The molecular formula is C21H30IN3O3. The van der Waals surface area contributed by atoms with Crippen LogP contribution >= 0.6 is 24.0 Å². The highest BCUT2D eigenvalue weighted by Gasteiger charge is 2.08. The van der Waals surface area contributed by atoms with Gasteiger partial charge in [0.15, 0.2) is 17.5 Å². The first-order valence-electron chi connectivity index (χ1n) is 9.13. The fourth-order valence-electron chi connectivity index (χ4n) is 2.53. The van der Waals surface area contributed by atoms with Gasteiger partial charge in [-0.15, -0.1) is 24.0 Å². The molecule has 3 N–H and O–H groups in total. The van der Waals surface area contributed by atoms with Crippen molar-refractivity contribution in [2.45, 2.75) is 33.4 Å². The number of phenolic OH excluding ortho intramolecular Hbond substituents is 1. The van der Waals surface area contributed by atoms with E-state index in [0.29, 0.717) is 24.8 Å². The molecule has 0 amide bonds. The molecule has 0 saturated heterocycles.